The van der Waals surface area contributed by atoms with Crippen LogP contribution in [0, 0.1) is 0 Å². The van der Waals surface area contributed by atoms with Gasteiger partial charge in [0.05, 0.1) is 17.7 Å². The lowest BCUT2D eigenvalue weighted by molar-refractivity contribution is -0.120. The molecule has 1 aliphatic heterocycles. The van der Waals surface area contributed by atoms with Gasteiger partial charge in [0, 0.05) is 17.9 Å². The van der Waals surface area contributed by atoms with Crippen LogP contribution in [0.1, 0.15) is 22.8 Å². The highest BCUT2D eigenvalue weighted by Gasteiger charge is 2.32. The van der Waals surface area contributed by atoms with Crippen LogP contribution in [0.5, 0.6) is 11.5 Å². The molecule has 1 atom stereocenters. The van der Waals surface area contributed by atoms with Crippen LogP contribution in [-0.2, 0) is 9.59 Å². The molecule has 7 nitrogen and oxygen atoms in total. The van der Waals surface area contributed by atoms with E-state index in [1.54, 1.807) is 6.07 Å². The van der Waals surface area contributed by atoms with Crippen LogP contribution in [0.15, 0.2) is 48.5 Å². The quantitative estimate of drug-likeness (QED) is 0.651. The number of amides is 2. The molecule has 2 aromatic carbocycles. The molecule has 148 valence electrons. The highest BCUT2D eigenvalue weighted by atomic mass is 32.1. The SMILES string of the molecule is COc1cc([C@@H]2CC(=O)Nc3c(-c4ccccc4)nsc32)ccc1OCC(N)=O. The number of rotatable bonds is 6. The molecule has 0 unspecified atom stereocenters. The molecule has 8 heteroatoms. The van der Waals surface area contributed by atoms with Gasteiger partial charge in [0.1, 0.15) is 5.69 Å². The van der Waals surface area contributed by atoms with Crippen LogP contribution in [0.2, 0.25) is 0 Å². The van der Waals surface area contributed by atoms with E-state index in [1.807, 2.05) is 42.5 Å². The van der Waals surface area contributed by atoms with E-state index in [4.69, 9.17) is 15.2 Å². The summed E-state index contributed by atoms with van der Waals surface area (Å²) in [4.78, 5) is 24.4. The third-order valence-corrected chi connectivity index (χ3v) is 5.66. The summed E-state index contributed by atoms with van der Waals surface area (Å²) in [6, 6.07) is 15.2. The van der Waals surface area contributed by atoms with E-state index in [-0.39, 0.29) is 18.4 Å². The Morgan fingerprint density at radius 1 is 1.24 bits per heavy atom. The van der Waals surface area contributed by atoms with Crippen molar-refractivity contribution in [2.45, 2.75) is 12.3 Å². The third-order valence-electron chi connectivity index (χ3n) is 4.70. The fourth-order valence-corrected chi connectivity index (χ4v) is 4.33. The van der Waals surface area contributed by atoms with Crippen molar-refractivity contribution in [2.75, 3.05) is 19.0 Å². The molecule has 0 spiro atoms. The third kappa shape index (κ3) is 3.79. The summed E-state index contributed by atoms with van der Waals surface area (Å²) in [6.07, 6.45) is 0.314. The first-order valence-corrected chi connectivity index (χ1v) is 9.78. The average Bonchev–Trinajstić information content (AvgIpc) is 3.15. The smallest absolute Gasteiger partial charge is 0.255 e. The zero-order chi connectivity index (χ0) is 20.4. The van der Waals surface area contributed by atoms with Crippen molar-refractivity contribution in [3.05, 3.63) is 59.0 Å². The fraction of sp³-hybridized carbons (Fsp3) is 0.190. The molecule has 0 saturated heterocycles. The maximum absolute atomic E-state index is 12.4. The van der Waals surface area contributed by atoms with E-state index in [1.165, 1.54) is 18.6 Å². The fourth-order valence-electron chi connectivity index (χ4n) is 3.36. The summed E-state index contributed by atoms with van der Waals surface area (Å²) < 4.78 is 15.4. The summed E-state index contributed by atoms with van der Waals surface area (Å²) in [5.74, 6) is 0.123. The molecule has 0 fully saturated rings. The van der Waals surface area contributed by atoms with Gasteiger partial charge in [-0.25, -0.2) is 0 Å². The topological polar surface area (TPSA) is 104 Å². The maximum atomic E-state index is 12.4. The number of methoxy groups -OCH3 is 1. The lowest BCUT2D eigenvalue weighted by atomic mass is 9.89. The molecule has 4 rings (SSSR count). The van der Waals surface area contributed by atoms with E-state index in [2.05, 4.69) is 9.69 Å². The molecule has 3 aromatic rings. The van der Waals surface area contributed by atoms with Crippen LogP contribution in [-0.4, -0.2) is 29.9 Å². The van der Waals surface area contributed by atoms with E-state index >= 15 is 0 Å². The van der Waals surface area contributed by atoms with Crippen molar-refractivity contribution < 1.29 is 19.1 Å². The number of fused-ring (bicyclic) bond motifs is 1. The lowest BCUT2D eigenvalue weighted by Crippen LogP contribution is -2.22. The number of ether oxygens (including phenoxy) is 2. The minimum Gasteiger partial charge on any atom is -0.493 e. The Morgan fingerprint density at radius 3 is 2.76 bits per heavy atom. The molecule has 2 amide bonds. The minimum absolute atomic E-state index is 0.0621. The summed E-state index contributed by atoms with van der Waals surface area (Å²) in [5, 5.41) is 2.98. The predicted molar refractivity (Wildman–Crippen MR) is 110 cm³/mol. The maximum Gasteiger partial charge on any atom is 0.255 e. The molecule has 0 aliphatic carbocycles. The van der Waals surface area contributed by atoms with Crippen LogP contribution >= 0.6 is 11.5 Å². The van der Waals surface area contributed by atoms with E-state index in [9.17, 15) is 9.59 Å². The van der Waals surface area contributed by atoms with Crippen LogP contribution in [0.3, 0.4) is 0 Å². The molecule has 3 N–H and O–H groups in total. The largest absolute Gasteiger partial charge is 0.493 e. The second-order valence-electron chi connectivity index (χ2n) is 6.61. The molecule has 1 aliphatic rings. The van der Waals surface area contributed by atoms with Crippen molar-refractivity contribution in [2.24, 2.45) is 5.73 Å². The van der Waals surface area contributed by atoms with Gasteiger partial charge < -0.3 is 20.5 Å². The Bertz CT molecular complexity index is 1070. The Hall–Kier alpha value is -3.39. The van der Waals surface area contributed by atoms with Crippen LogP contribution in [0.4, 0.5) is 5.69 Å². The number of carbonyl (C=O) groups is 2. The van der Waals surface area contributed by atoms with Gasteiger partial charge in [-0.2, -0.15) is 4.37 Å². The van der Waals surface area contributed by atoms with Crippen molar-refractivity contribution >= 4 is 29.0 Å². The van der Waals surface area contributed by atoms with Crippen LogP contribution in [0.25, 0.3) is 11.3 Å². The molecular formula is C21H19N3O4S. The molecule has 2 heterocycles. The molecule has 29 heavy (non-hydrogen) atoms. The first-order valence-electron chi connectivity index (χ1n) is 9.00. The number of nitrogens with zero attached hydrogens (tertiary/aromatic N) is 1. The Morgan fingerprint density at radius 2 is 2.03 bits per heavy atom. The monoisotopic (exact) mass is 409 g/mol. The molecule has 0 saturated carbocycles. The van der Waals surface area contributed by atoms with Gasteiger partial charge in [-0.3, -0.25) is 9.59 Å². The number of hydrogen-bond donors (Lipinski definition) is 2. The molecule has 1 aromatic heterocycles. The normalized spacial score (nSPS) is 15.3. The first-order chi connectivity index (χ1) is 14.1. The second-order valence-corrected chi connectivity index (χ2v) is 7.41. The van der Waals surface area contributed by atoms with Gasteiger partial charge in [-0.1, -0.05) is 36.4 Å². The molecule has 0 radical (unpaired) electrons. The zero-order valence-electron chi connectivity index (χ0n) is 15.7. The van der Waals surface area contributed by atoms with Gasteiger partial charge in [-0.15, -0.1) is 0 Å². The summed E-state index contributed by atoms with van der Waals surface area (Å²) in [6.45, 7) is -0.235. The van der Waals surface area contributed by atoms with E-state index in [0.717, 1.165) is 27.4 Å². The van der Waals surface area contributed by atoms with Gasteiger partial charge in [-0.05, 0) is 29.2 Å². The number of primary amides is 1. The number of nitrogens with one attached hydrogen (secondary N) is 1. The zero-order valence-corrected chi connectivity index (χ0v) is 16.5. The van der Waals surface area contributed by atoms with Crippen molar-refractivity contribution in [1.29, 1.82) is 0 Å². The summed E-state index contributed by atoms with van der Waals surface area (Å²) in [5.41, 5.74) is 8.54. The van der Waals surface area contributed by atoms with Crippen molar-refractivity contribution in [3.8, 4) is 22.8 Å². The number of benzene rings is 2. The van der Waals surface area contributed by atoms with Gasteiger partial charge in [0.25, 0.3) is 5.91 Å². The van der Waals surface area contributed by atoms with E-state index < -0.39 is 5.91 Å². The predicted octanol–water partition coefficient (Wildman–Crippen LogP) is 3.16. The van der Waals surface area contributed by atoms with Gasteiger partial charge in [0.2, 0.25) is 5.91 Å². The minimum atomic E-state index is -0.567. The molecule has 0 bridgehead atoms. The van der Waals surface area contributed by atoms with E-state index in [0.29, 0.717) is 17.9 Å². The van der Waals surface area contributed by atoms with Crippen LogP contribution < -0.4 is 20.5 Å². The number of hydrogen-bond acceptors (Lipinski definition) is 6. The Balaban J connectivity index is 1.71. The number of aromatic nitrogens is 1. The highest BCUT2D eigenvalue weighted by Crippen LogP contribution is 2.45. The highest BCUT2D eigenvalue weighted by molar-refractivity contribution is 7.07. The Kier molecular flexibility index (Phi) is 5.18. The molecular weight excluding hydrogens is 390 g/mol. The van der Waals surface area contributed by atoms with Crippen molar-refractivity contribution in [3.63, 3.8) is 0 Å². The summed E-state index contributed by atoms with van der Waals surface area (Å²) in [7, 11) is 1.52. The lowest BCUT2D eigenvalue weighted by Gasteiger charge is -2.23. The standard InChI is InChI=1S/C21H19N3O4S/c1-27-16-9-13(7-8-15(16)28-11-17(22)25)14-10-18(26)23-20-19(24-29-21(14)20)12-5-3-2-4-6-12/h2-9,14H,10-11H2,1H3,(H2,22,25)(H,23,26)/t14-/m0/s1. The van der Waals surface area contributed by atoms with Crippen molar-refractivity contribution in [1.82, 2.24) is 4.37 Å². The average molecular weight is 409 g/mol. The van der Waals surface area contributed by atoms with Gasteiger partial charge >= 0.3 is 0 Å². The first kappa shape index (κ1) is 18.9. The Labute approximate surface area is 171 Å². The number of nitrogens with two attached hydrogens (primary N) is 1. The summed E-state index contributed by atoms with van der Waals surface area (Å²) >= 11 is 1.39. The second kappa shape index (κ2) is 7.92. The number of carbonyl (C=O) groups excluding carboxylic acids is 2. The van der Waals surface area contributed by atoms with Gasteiger partial charge in [0.15, 0.2) is 18.1 Å². The number of anilines is 1.